The highest BCUT2D eigenvalue weighted by Gasteiger charge is 2.17. The number of Topliss-reactive ketones (excluding diaryl/α,β-unsaturated/α-hetero) is 1. The molecular formula is C17H19N3O3. The first-order valence-electron chi connectivity index (χ1n) is 7.23. The molecule has 0 N–H and O–H groups in total. The normalized spacial score (nSPS) is 11.0. The Balaban J connectivity index is 2.52. The van der Waals surface area contributed by atoms with E-state index in [0.717, 1.165) is 11.1 Å². The van der Waals surface area contributed by atoms with Crippen molar-refractivity contribution in [3.8, 4) is 5.95 Å². The van der Waals surface area contributed by atoms with E-state index >= 15 is 0 Å². The molecule has 1 aromatic heterocycles. The van der Waals surface area contributed by atoms with E-state index in [0.29, 0.717) is 29.1 Å². The number of nitrogens with zero attached hydrogens (tertiary/aromatic N) is 3. The van der Waals surface area contributed by atoms with E-state index in [-0.39, 0.29) is 11.7 Å². The lowest BCUT2D eigenvalue weighted by Gasteiger charge is -2.08. The predicted molar refractivity (Wildman–Crippen MR) is 87.8 cm³/mol. The molecule has 2 rings (SSSR count). The molecule has 0 bridgehead atoms. The van der Waals surface area contributed by atoms with E-state index in [4.69, 9.17) is 9.26 Å². The van der Waals surface area contributed by atoms with Crippen molar-refractivity contribution >= 4 is 22.7 Å². The van der Waals surface area contributed by atoms with Crippen LogP contribution in [0, 0.1) is 0 Å². The molecule has 0 saturated heterocycles. The number of carbonyl (C=O) groups is 1. The topological polar surface area (TPSA) is 77.1 Å². The van der Waals surface area contributed by atoms with Gasteiger partial charge >= 0.3 is 5.95 Å². The Labute approximate surface area is 134 Å². The zero-order valence-electron chi connectivity index (χ0n) is 13.7. The number of ether oxygens (including phenoxy) is 1. The van der Waals surface area contributed by atoms with Crippen molar-refractivity contribution in [3.05, 3.63) is 41.6 Å². The summed E-state index contributed by atoms with van der Waals surface area (Å²) in [7, 11) is 1.47. The molecule has 0 saturated carbocycles. The minimum Gasteiger partial charge on any atom is -0.465 e. The van der Waals surface area contributed by atoms with Gasteiger partial charge in [-0.25, -0.2) is 0 Å². The standard InChI is InChI=1S/C17H19N3O3/c1-6-13-16(17(22-5)23-20-13)19-18-14-9-7-8-12(10(2)3)15(14)11(4)21/h7-9H,2,6H2,1,3-5H3. The third-order valence-corrected chi connectivity index (χ3v) is 3.34. The summed E-state index contributed by atoms with van der Waals surface area (Å²) in [5.41, 5.74) is 3.61. The number of allylic oxidation sites excluding steroid dienone is 1. The molecule has 1 heterocycles. The summed E-state index contributed by atoms with van der Waals surface area (Å²) in [6.45, 7) is 9.18. The Morgan fingerprint density at radius 3 is 2.65 bits per heavy atom. The molecule has 2 aromatic rings. The average Bonchev–Trinajstić information content (AvgIpc) is 2.94. The van der Waals surface area contributed by atoms with Gasteiger partial charge in [0.15, 0.2) is 11.5 Å². The van der Waals surface area contributed by atoms with E-state index in [9.17, 15) is 4.79 Å². The number of azo groups is 1. The molecule has 6 nitrogen and oxygen atoms in total. The first-order chi connectivity index (χ1) is 11.0. The fraction of sp³-hybridized carbons (Fsp3) is 0.294. The van der Waals surface area contributed by atoms with E-state index in [1.54, 1.807) is 6.07 Å². The van der Waals surface area contributed by atoms with Gasteiger partial charge in [0.1, 0.15) is 5.69 Å². The smallest absolute Gasteiger partial charge is 0.339 e. The molecule has 0 spiro atoms. The van der Waals surface area contributed by atoms with Crippen molar-refractivity contribution in [3.63, 3.8) is 0 Å². The van der Waals surface area contributed by atoms with Crippen LogP contribution in [0.3, 0.4) is 0 Å². The van der Waals surface area contributed by atoms with Crippen molar-refractivity contribution in [1.29, 1.82) is 0 Å². The lowest BCUT2D eigenvalue weighted by atomic mass is 9.98. The molecule has 6 heteroatoms. The number of hydrogen-bond acceptors (Lipinski definition) is 6. The second-order valence-electron chi connectivity index (χ2n) is 5.06. The van der Waals surface area contributed by atoms with E-state index in [1.807, 2.05) is 26.0 Å². The molecule has 0 amide bonds. The van der Waals surface area contributed by atoms with Crippen molar-refractivity contribution in [2.24, 2.45) is 10.2 Å². The van der Waals surface area contributed by atoms with Crippen LogP contribution in [-0.4, -0.2) is 18.0 Å². The van der Waals surface area contributed by atoms with Crippen LogP contribution >= 0.6 is 0 Å². The Bertz CT molecular complexity index is 754. The highest BCUT2D eigenvalue weighted by Crippen LogP contribution is 2.34. The third-order valence-electron chi connectivity index (χ3n) is 3.34. The van der Waals surface area contributed by atoms with Gasteiger partial charge in [-0.3, -0.25) is 4.79 Å². The highest BCUT2D eigenvalue weighted by molar-refractivity contribution is 6.03. The molecule has 23 heavy (non-hydrogen) atoms. The maximum absolute atomic E-state index is 12.0. The van der Waals surface area contributed by atoms with Crippen LogP contribution in [0.15, 0.2) is 39.5 Å². The van der Waals surface area contributed by atoms with Gasteiger partial charge in [-0.05, 0) is 31.9 Å². The molecule has 0 atom stereocenters. The van der Waals surface area contributed by atoms with Crippen molar-refractivity contribution in [2.45, 2.75) is 27.2 Å². The van der Waals surface area contributed by atoms with Gasteiger partial charge in [0.05, 0.1) is 18.4 Å². The lowest BCUT2D eigenvalue weighted by Crippen LogP contribution is -1.98. The Morgan fingerprint density at radius 2 is 2.09 bits per heavy atom. The summed E-state index contributed by atoms with van der Waals surface area (Å²) in [6, 6.07) is 5.39. The zero-order valence-corrected chi connectivity index (χ0v) is 13.7. The van der Waals surface area contributed by atoms with Crippen molar-refractivity contribution in [2.75, 3.05) is 7.11 Å². The second kappa shape index (κ2) is 7.00. The maximum Gasteiger partial charge on any atom is 0.339 e. The first-order valence-corrected chi connectivity index (χ1v) is 7.23. The minimum absolute atomic E-state index is 0.0921. The van der Waals surface area contributed by atoms with Crippen LogP contribution in [0.2, 0.25) is 0 Å². The number of benzene rings is 1. The Morgan fingerprint density at radius 1 is 1.35 bits per heavy atom. The summed E-state index contributed by atoms with van der Waals surface area (Å²) < 4.78 is 10.1. The number of aryl methyl sites for hydroxylation is 1. The molecule has 0 aliphatic rings. The van der Waals surface area contributed by atoms with E-state index in [1.165, 1.54) is 14.0 Å². The van der Waals surface area contributed by atoms with Crippen molar-refractivity contribution in [1.82, 2.24) is 5.16 Å². The summed E-state index contributed by atoms with van der Waals surface area (Å²) in [4.78, 5) is 12.0. The van der Waals surface area contributed by atoms with Gasteiger partial charge < -0.3 is 9.26 Å². The maximum atomic E-state index is 12.0. The van der Waals surface area contributed by atoms with E-state index in [2.05, 4.69) is 22.0 Å². The number of aromatic nitrogens is 1. The fourth-order valence-corrected chi connectivity index (χ4v) is 2.22. The summed E-state index contributed by atoms with van der Waals surface area (Å²) in [6.07, 6.45) is 0.632. The zero-order chi connectivity index (χ0) is 17.0. The molecular weight excluding hydrogens is 294 g/mol. The molecule has 0 aliphatic carbocycles. The third kappa shape index (κ3) is 3.36. The highest BCUT2D eigenvalue weighted by atomic mass is 16.6. The van der Waals surface area contributed by atoms with Crippen molar-refractivity contribution < 1.29 is 14.1 Å². The number of hydrogen-bond donors (Lipinski definition) is 0. The number of rotatable bonds is 6. The Kier molecular flexibility index (Phi) is 5.05. The predicted octanol–water partition coefficient (Wildman–Crippen LogP) is 4.90. The van der Waals surface area contributed by atoms with Crippen LogP contribution in [-0.2, 0) is 6.42 Å². The molecule has 0 aliphatic heterocycles. The molecule has 0 fully saturated rings. The lowest BCUT2D eigenvalue weighted by molar-refractivity contribution is 0.101. The van der Waals surface area contributed by atoms with Gasteiger partial charge in [-0.1, -0.05) is 36.4 Å². The van der Waals surface area contributed by atoms with Gasteiger partial charge in [0, 0.05) is 0 Å². The SMILES string of the molecule is C=C(C)c1cccc(N=Nc2c(CC)noc2OC)c1C(C)=O. The van der Waals surface area contributed by atoms with Gasteiger partial charge in [0.25, 0.3) is 0 Å². The molecule has 0 radical (unpaired) electrons. The largest absolute Gasteiger partial charge is 0.465 e. The minimum atomic E-state index is -0.0921. The molecule has 1 aromatic carbocycles. The van der Waals surface area contributed by atoms with Crippen LogP contribution in [0.4, 0.5) is 11.4 Å². The van der Waals surface area contributed by atoms with Crippen LogP contribution in [0.25, 0.3) is 5.57 Å². The van der Waals surface area contributed by atoms with Crippen LogP contribution in [0.5, 0.6) is 5.95 Å². The first kappa shape index (κ1) is 16.6. The summed E-state index contributed by atoms with van der Waals surface area (Å²) in [5.74, 6) is 0.108. The van der Waals surface area contributed by atoms with Gasteiger partial charge in [-0.2, -0.15) is 0 Å². The molecule has 120 valence electrons. The Hall–Kier alpha value is -2.76. The quantitative estimate of drug-likeness (QED) is 0.561. The second-order valence-corrected chi connectivity index (χ2v) is 5.06. The van der Waals surface area contributed by atoms with Gasteiger partial charge in [0.2, 0.25) is 0 Å². The van der Waals surface area contributed by atoms with Crippen LogP contribution < -0.4 is 4.74 Å². The fourth-order valence-electron chi connectivity index (χ4n) is 2.22. The number of methoxy groups -OCH3 is 1. The number of carbonyl (C=O) groups excluding carboxylic acids is 1. The van der Waals surface area contributed by atoms with Gasteiger partial charge in [-0.15, -0.1) is 10.2 Å². The molecule has 0 unspecified atom stereocenters. The van der Waals surface area contributed by atoms with E-state index < -0.39 is 0 Å². The number of ketones is 1. The monoisotopic (exact) mass is 313 g/mol. The average molecular weight is 313 g/mol. The summed E-state index contributed by atoms with van der Waals surface area (Å²) >= 11 is 0. The summed E-state index contributed by atoms with van der Waals surface area (Å²) in [5, 5.41) is 12.3. The van der Waals surface area contributed by atoms with Crippen LogP contribution in [0.1, 0.15) is 42.4 Å².